The molecule has 1 fully saturated rings. The molecule has 0 spiro atoms. The maximum Gasteiger partial charge on any atom is 0.472 e. The fraction of sp³-hybridized carbons (Fsp3) is 0.920. The highest BCUT2D eigenvalue weighted by Crippen LogP contribution is 2.51. The Balaban J connectivity index is 3.01. The highest BCUT2D eigenvalue weighted by molar-refractivity contribution is 7.47. The SMILES string of the molecule is CCCCCCCC(=O)OC[C@H](COP(=O)(O)OC1C(O)C(OP(=O)(O)O)C(O)[C@@H](OP(=O)(O)O)C1O)OC(=O)CCCCCCC. The average Bonchev–Trinajstić information content (AvgIpc) is 2.96. The van der Waals surface area contributed by atoms with E-state index >= 15 is 0 Å². The number of aliphatic hydroxyl groups excluding tert-OH is 3. The largest absolute Gasteiger partial charge is 0.472 e. The quantitative estimate of drug-likeness (QED) is 0.0396. The van der Waals surface area contributed by atoms with E-state index in [9.17, 15) is 43.5 Å². The number of rotatable bonds is 24. The molecule has 8 atom stereocenters. The van der Waals surface area contributed by atoms with Gasteiger partial charge in [-0.05, 0) is 12.8 Å². The number of ether oxygens (including phenoxy) is 2. The number of carbonyl (C=O) groups is 2. The lowest BCUT2D eigenvalue weighted by molar-refractivity contribution is -0.213. The Hall–Kier alpha value is -0.850. The highest BCUT2D eigenvalue weighted by atomic mass is 31.2. The smallest absolute Gasteiger partial charge is 0.462 e. The van der Waals surface area contributed by atoms with Crippen LogP contribution in [0.2, 0.25) is 0 Å². The van der Waals surface area contributed by atoms with Gasteiger partial charge in [-0.2, -0.15) is 0 Å². The number of phosphoric ester groups is 3. The molecular weight excluding hydrogens is 697 g/mol. The molecule has 0 aromatic heterocycles. The zero-order valence-corrected chi connectivity index (χ0v) is 29.0. The van der Waals surface area contributed by atoms with Gasteiger partial charge in [0, 0.05) is 12.8 Å². The van der Waals surface area contributed by atoms with E-state index in [0.717, 1.165) is 51.4 Å². The van der Waals surface area contributed by atoms with Gasteiger partial charge >= 0.3 is 35.4 Å². The summed E-state index contributed by atoms with van der Waals surface area (Å²) in [5.41, 5.74) is 0. The van der Waals surface area contributed by atoms with Crippen molar-refractivity contribution >= 4 is 35.4 Å². The van der Waals surface area contributed by atoms with Crippen molar-refractivity contribution < 1.29 is 90.6 Å². The van der Waals surface area contributed by atoms with Gasteiger partial charge in [0.15, 0.2) is 6.10 Å². The van der Waals surface area contributed by atoms with Crippen LogP contribution >= 0.6 is 23.5 Å². The van der Waals surface area contributed by atoms with Crippen molar-refractivity contribution in [2.45, 2.75) is 134 Å². The molecule has 0 amide bonds. The summed E-state index contributed by atoms with van der Waals surface area (Å²) >= 11 is 0. The normalized spacial score (nSPS) is 25.6. The molecule has 1 aliphatic carbocycles. The van der Waals surface area contributed by atoms with Crippen LogP contribution in [0.25, 0.3) is 0 Å². The van der Waals surface area contributed by atoms with Crippen LogP contribution in [-0.4, -0.2) is 108 Å². The third-order valence-electron chi connectivity index (χ3n) is 6.91. The maximum absolute atomic E-state index is 12.9. The lowest BCUT2D eigenvalue weighted by atomic mass is 9.85. The van der Waals surface area contributed by atoms with E-state index in [2.05, 4.69) is 9.05 Å². The Morgan fingerprint density at radius 1 is 0.596 bits per heavy atom. The molecule has 0 aromatic rings. The average molecular weight is 747 g/mol. The van der Waals surface area contributed by atoms with Crippen LogP contribution in [0.3, 0.4) is 0 Å². The van der Waals surface area contributed by atoms with Crippen molar-refractivity contribution in [3.8, 4) is 0 Å². The standard InChI is InChI=1S/C25H49O19P3/c1-3-5-7-9-11-13-18(26)39-15-17(41-19(27)14-12-10-8-6-4-2)16-40-47(37,38)44-25-21(29)23(42-45(31,32)33)20(28)24(22(25)30)43-46(34,35)36/h17,20-25,28-30H,3-16H2,1-2H3,(H,37,38)(H2,31,32,33)(H2,34,35,36)/t17-,20?,21?,22?,23-,24?,25?/m1/s1. The van der Waals surface area contributed by atoms with Crippen LogP contribution < -0.4 is 0 Å². The third-order valence-corrected chi connectivity index (χ3v) is 8.93. The summed E-state index contributed by atoms with van der Waals surface area (Å²) < 4.78 is 64.2. The van der Waals surface area contributed by atoms with E-state index in [1.165, 1.54) is 0 Å². The molecule has 47 heavy (non-hydrogen) atoms. The number of phosphoric acid groups is 3. The number of hydrogen-bond donors (Lipinski definition) is 8. The summed E-state index contributed by atoms with van der Waals surface area (Å²) in [6, 6.07) is 0. The Morgan fingerprint density at radius 2 is 1.00 bits per heavy atom. The van der Waals surface area contributed by atoms with E-state index < -0.39 is 91.3 Å². The molecule has 1 aliphatic rings. The zero-order valence-electron chi connectivity index (χ0n) is 26.4. The summed E-state index contributed by atoms with van der Waals surface area (Å²) in [7, 11) is -16.5. The van der Waals surface area contributed by atoms with Crippen molar-refractivity contribution in [1.29, 1.82) is 0 Å². The topological polar surface area (TPSA) is 303 Å². The molecule has 1 saturated carbocycles. The van der Waals surface area contributed by atoms with Crippen LogP contribution in [0.5, 0.6) is 0 Å². The summed E-state index contributed by atoms with van der Waals surface area (Å²) in [5.74, 6) is -1.34. The van der Waals surface area contributed by atoms with Crippen molar-refractivity contribution in [2.24, 2.45) is 0 Å². The minimum absolute atomic E-state index is 0.0103. The lowest BCUT2D eigenvalue weighted by Gasteiger charge is -2.44. The highest BCUT2D eigenvalue weighted by Gasteiger charge is 2.56. The van der Waals surface area contributed by atoms with Crippen LogP contribution in [0.4, 0.5) is 0 Å². The van der Waals surface area contributed by atoms with Crippen LogP contribution in [-0.2, 0) is 50.9 Å². The molecule has 0 heterocycles. The Bertz CT molecular complexity index is 1040. The molecule has 19 nitrogen and oxygen atoms in total. The number of hydrogen-bond acceptors (Lipinski definition) is 14. The first kappa shape index (κ1) is 44.2. The number of carbonyl (C=O) groups excluding carboxylic acids is 2. The minimum atomic E-state index is -5.53. The van der Waals surface area contributed by atoms with Gasteiger partial charge in [0.1, 0.15) is 43.2 Å². The van der Waals surface area contributed by atoms with E-state index in [1.54, 1.807) is 0 Å². The first-order chi connectivity index (χ1) is 21.8. The molecule has 0 radical (unpaired) electrons. The van der Waals surface area contributed by atoms with Crippen molar-refractivity contribution in [2.75, 3.05) is 13.2 Å². The third kappa shape index (κ3) is 18.6. The monoisotopic (exact) mass is 746 g/mol. The summed E-state index contributed by atoms with van der Waals surface area (Å²) in [6.45, 7) is 2.56. The summed E-state index contributed by atoms with van der Waals surface area (Å²) in [5, 5.41) is 31.4. The fourth-order valence-electron chi connectivity index (χ4n) is 4.58. The second-order valence-corrected chi connectivity index (χ2v) is 14.8. The van der Waals surface area contributed by atoms with Gasteiger partial charge < -0.3 is 49.3 Å². The van der Waals surface area contributed by atoms with Crippen molar-refractivity contribution in [3.63, 3.8) is 0 Å². The van der Waals surface area contributed by atoms with Gasteiger partial charge in [-0.1, -0.05) is 65.2 Å². The van der Waals surface area contributed by atoms with Gasteiger partial charge in [0.25, 0.3) is 0 Å². The van der Waals surface area contributed by atoms with Crippen LogP contribution in [0.1, 0.15) is 90.9 Å². The van der Waals surface area contributed by atoms with E-state index in [1.807, 2.05) is 13.8 Å². The van der Waals surface area contributed by atoms with Crippen molar-refractivity contribution in [3.05, 3.63) is 0 Å². The number of unbranched alkanes of at least 4 members (excludes halogenated alkanes) is 8. The zero-order chi connectivity index (χ0) is 35.8. The van der Waals surface area contributed by atoms with Gasteiger partial charge in [0.05, 0.1) is 6.61 Å². The lowest BCUT2D eigenvalue weighted by Crippen LogP contribution is -2.65. The second kappa shape index (κ2) is 21.4. The molecule has 0 aromatic carbocycles. The summed E-state index contributed by atoms with van der Waals surface area (Å²) in [6.07, 6.45) is -7.85. The van der Waals surface area contributed by atoms with E-state index in [-0.39, 0.29) is 12.8 Å². The van der Waals surface area contributed by atoms with Gasteiger partial charge in [-0.15, -0.1) is 0 Å². The maximum atomic E-state index is 12.9. The Morgan fingerprint density at radius 3 is 1.43 bits per heavy atom. The van der Waals surface area contributed by atoms with Crippen LogP contribution in [0.15, 0.2) is 0 Å². The molecule has 0 saturated heterocycles. The van der Waals surface area contributed by atoms with Gasteiger partial charge in [-0.3, -0.25) is 27.7 Å². The van der Waals surface area contributed by atoms with Crippen LogP contribution in [0, 0.1) is 0 Å². The van der Waals surface area contributed by atoms with Crippen molar-refractivity contribution in [1.82, 2.24) is 0 Å². The summed E-state index contributed by atoms with van der Waals surface area (Å²) in [4.78, 5) is 71.6. The Kier molecular flexibility index (Phi) is 20.1. The first-order valence-electron chi connectivity index (χ1n) is 15.3. The molecule has 22 heteroatoms. The van der Waals surface area contributed by atoms with E-state index in [0.29, 0.717) is 12.8 Å². The predicted molar refractivity (Wildman–Crippen MR) is 160 cm³/mol. The number of esters is 2. The van der Waals surface area contributed by atoms with Gasteiger partial charge in [0.2, 0.25) is 0 Å². The van der Waals surface area contributed by atoms with Gasteiger partial charge in [-0.25, -0.2) is 13.7 Å². The molecule has 0 bridgehead atoms. The molecule has 278 valence electrons. The molecule has 1 rings (SSSR count). The molecule has 8 N–H and O–H groups in total. The molecular formula is C25H49O19P3. The molecule has 6 unspecified atom stereocenters. The second-order valence-electron chi connectivity index (χ2n) is 11.1. The fourth-order valence-corrected chi connectivity index (χ4v) is 6.69. The first-order valence-corrected chi connectivity index (χ1v) is 19.9. The number of aliphatic hydroxyl groups is 3. The predicted octanol–water partition coefficient (Wildman–Crippen LogP) is 1.72. The molecule has 0 aliphatic heterocycles. The van der Waals surface area contributed by atoms with E-state index in [4.69, 9.17) is 38.1 Å². The minimum Gasteiger partial charge on any atom is -0.462 e. The Labute approximate surface area is 272 Å².